The molecule has 0 fully saturated rings. The van der Waals surface area contributed by atoms with Gasteiger partial charge in [-0.15, -0.1) is 0 Å². The van der Waals surface area contributed by atoms with Gasteiger partial charge in [0.25, 0.3) is 0 Å². The second-order valence-corrected chi connectivity index (χ2v) is 4.57. The topological polar surface area (TPSA) is 30.5 Å². The summed E-state index contributed by atoms with van der Waals surface area (Å²) in [6.07, 6.45) is 2.27. The van der Waals surface area contributed by atoms with Crippen molar-refractivity contribution in [2.75, 3.05) is 20.8 Å². The van der Waals surface area contributed by atoms with Gasteiger partial charge in [-0.2, -0.15) is 0 Å². The van der Waals surface area contributed by atoms with Gasteiger partial charge in [-0.1, -0.05) is 31.5 Å². The second kappa shape index (κ2) is 8.11. The molecule has 0 saturated heterocycles. The maximum atomic E-state index is 5.40. The number of methoxy groups -OCH3 is 2. The SMILES string of the molecule is CCCC(COC)NC(C)c1ccccc1OC. The third-order valence-corrected chi connectivity index (χ3v) is 3.10. The summed E-state index contributed by atoms with van der Waals surface area (Å²) in [6, 6.07) is 8.78. The van der Waals surface area contributed by atoms with Gasteiger partial charge < -0.3 is 14.8 Å². The molecule has 2 atom stereocenters. The Labute approximate surface area is 110 Å². The molecule has 3 nitrogen and oxygen atoms in total. The minimum Gasteiger partial charge on any atom is -0.496 e. The van der Waals surface area contributed by atoms with E-state index in [2.05, 4.69) is 25.2 Å². The predicted octanol–water partition coefficient (Wildman–Crippen LogP) is 3.16. The van der Waals surface area contributed by atoms with Gasteiger partial charge in [0.1, 0.15) is 5.75 Å². The molecule has 0 heterocycles. The van der Waals surface area contributed by atoms with Gasteiger partial charge in [0, 0.05) is 24.8 Å². The molecule has 0 aromatic heterocycles. The van der Waals surface area contributed by atoms with Crippen LogP contribution in [0, 0.1) is 0 Å². The summed E-state index contributed by atoms with van der Waals surface area (Å²) in [5, 5.41) is 3.60. The smallest absolute Gasteiger partial charge is 0.123 e. The summed E-state index contributed by atoms with van der Waals surface area (Å²) in [6.45, 7) is 5.10. The van der Waals surface area contributed by atoms with Crippen molar-refractivity contribution in [3.63, 3.8) is 0 Å². The molecule has 1 aromatic rings. The van der Waals surface area contributed by atoms with Crippen molar-refractivity contribution < 1.29 is 9.47 Å². The minimum atomic E-state index is 0.257. The summed E-state index contributed by atoms with van der Waals surface area (Å²) < 4.78 is 10.7. The van der Waals surface area contributed by atoms with Gasteiger partial charge >= 0.3 is 0 Å². The van der Waals surface area contributed by atoms with Crippen LogP contribution < -0.4 is 10.1 Å². The van der Waals surface area contributed by atoms with E-state index in [0.29, 0.717) is 6.04 Å². The van der Waals surface area contributed by atoms with E-state index in [9.17, 15) is 0 Å². The Balaban J connectivity index is 2.70. The van der Waals surface area contributed by atoms with Crippen LogP contribution in [-0.2, 0) is 4.74 Å². The molecule has 2 unspecified atom stereocenters. The lowest BCUT2D eigenvalue weighted by Crippen LogP contribution is -2.35. The zero-order valence-electron chi connectivity index (χ0n) is 11.9. The lowest BCUT2D eigenvalue weighted by Gasteiger charge is -2.24. The Morgan fingerprint density at radius 2 is 1.94 bits per heavy atom. The molecule has 0 aliphatic heterocycles. The fourth-order valence-corrected chi connectivity index (χ4v) is 2.23. The summed E-state index contributed by atoms with van der Waals surface area (Å²) >= 11 is 0. The first-order valence-electron chi connectivity index (χ1n) is 6.60. The van der Waals surface area contributed by atoms with Gasteiger partial charge in [0.2, 0.25) is 0 Å². The largest absolute Gasteiger partial charge is 0.496 e. The van der Waals surface area contributed by atoms with Gasteiger partial charge in [-0.3, -0.25) is 0 Å². The summed E-state index contributed by atoms with van der Waals surface area (Å²) in [5.74, 6) is 0.935. The normalized spacial score (nSPS) is 14.2. The van der Waals surface area contributed by atoms with Crippen LogP contribution in [0.4, 0.5) is 0 Å². The predicted molar refractivity (Wildman–Crippen MR) is 75.1 cm³/mol. The lowest BCUT2D eigenvalue weighted by molar-refractivity contribution is 0.157. The van der Waals surface area contributed by atoms with Crippen LogP contribution in [-0.4, -0.2) is 26.9 Å². The highest BCUT2D eigenvalue weighted by Gasteiger charge is 2.15. The van der Waals surface area contributed by atoms with Crippen LogP contribution in [0.3, 0.4) is 0 Å². The van der Waals surface area contributed by atoms with Crippen LogP contribution in [0.1, 0.15) is 38.3 Å². The number of para-hydroxylation sites is 1. The van der Waals surface area contributed by atoms with Gasteiger partial charge in [-0.25, -0.2) is 0 Å². The molecule has 0 bridgehead atoms. The van der Waals surface area contributed by atoms with E-state index in [1.165, 1.54) is 5.56 Å². The Kier molecular flexibility index (Phi) is 6.76. The minimum absolute atomic E-state index is 0.257. The van der Waals surface area contributed by atoms with Crippen LogP contribution in [0.25, 0.3) is 0 Å². The molecule has 0 radical (unpaired) electrons. The van der Waals surface area contributed by atoms with Crippen molar-refractivity contribution in [2.45, 2.75) is 38.8 Å². The first-order valence-corrected chi connectivity index (χ1v) is 6.60. The van der Waals surface area contributed by atoms with Crippen LogP contribution in [0.2, 0.25) is 0 Å². The van der Waals surface area contributed by atoms with E-state index in [0.717, 1.165) is 25.2 Å². The van der Waals surface area contributed by atoms with Crippen molar-refractivity contribution >= 4 is 0 Å². The van der Waals surface area contributed by atoms with E-state index in [-0.39, 0.29) is 6.04 Å². The number of benzene rings is 1. The quantitative estimate of drug-likeness (QED) is 0.770. The number of rotatable bonds is 8. The Morgan fingerprint density at radius 1 is 1.22 bits per heavy atom. The third kappa shape index (κ3) is 4.31. The molecular formula is C15H25NO2. The molecule has 1 N–H and O–H groups in total. The second-order valence-electron chi connectivity index (χ2n) is 4.57. The monoisotopic (exact) mass is 251 g/mol. The first-order chi connectivity index (χ1) is 8.72. The van der Waals surface area contributed by atoms with E-state index in [4.69, 9.17) is 9.47 Å². The highest BCUT2D eigenvalue weighted by Crippen LogP contribution is 2.24. The molecular weight excluding hydrogens is 226 g/mol. The molecule has 1 aromatic carbocycles. The zero-order valence-corrected chi connectivity index (χ0v) is 11.9. The summed E-state index contributed by atoms with van der Waals surface area (Å²) in [7, 11) is 3.46. The van der Waals surface area contributed by atoms with E-state index < -0.39 is 0 Å². The van der Waals surface area contributed by atoms with E-state index in [1.807, 2.05) is 18.2 Å². The summed E-state index contributed by atoms with van der Waals surface area (Å²) in [4.78, 5) is 0. The number of hydrogen-bond acceptors (Lipinski definition) is 3. The molecule has 0 spiro atoms. The standard InChI is InChI=1S/C15H25NO2/c1-5-8-13(11-17-3)16-12(2)14-9-6-7-10-15(14)18-4/h6-7,9-10,12-13,16H,5,8,11H2,1-4H3. The molecule has 0 aliphatic carbocycles. The van der Waals surface area contributed by atoms with Gasteiger partial charge in [-0.05, 0) is 19.4 Å². The van der Waals surface area contributed by atoms with Crippen molar-refractivity contribution in [3.8, 4) is 5.75 Å². The highest BCUT2D eigenvalue weighted by atomic mass is 16.5. The first kappa shape index (κ1) is 15.0. The molecule has 0 amide bonds. The molecule has 18 heavy (non-hydrogen) atoms. The van der Waals surface area contributed by atoms with Crippen molar-refractivity contribution in [1.29, 1.82) is 0 Å². The summed E-state index contributed by atoms with van der Waals surface area (Å²) in [5.41, 5.74) is 1.19. The van der Waals surface area contributed by atoms with E-state index >= 15 is 0 Å². The van der Waals surface area contributed by atoms with Crippen LogP contribution in [0.15, 0.2) is 24.3 Å². The molecule has 0 aliphatic rings. The maximum absolute atomic E-state index is 5.40. The van der Waals surface area contributed by atoms with E-state index in [1.54, 1.807) is 14.2 Å². The maximum Gasteiger partial charge on any atom is 0.123 e. The Morgan fingerprint density at radius 3 is 2.56 bits per heavy atom. The number of ether oxygens (including phenoxy) is 2. The number of nitrogens with one attached hydrogen (secondary N) is 1. The third-order valence-electron chi connectivity index (χ3n) is 3.10. The Hall–Kier alpha value is -1.06. The fraction of sp³-hybridized carbons (Fsp3) is 0.600. The lowest BCUT2D eigenvalue weighted by atomic mass is 10.0. The Bertz CT molecular complexity index is 335. The number of hydrogen-bond donors (Lipinski definition) is 1. The fourth-order valence-electron chi connectivity index (χ4n) is 2.23. The molecule has 3 heteroatoms. The molecule has 0 saturated carbocycles. The highest BCUT2D eigenvalue weighted by molar-refractivity contribution is 5.35. The van der Waals surface area contributed by atoms with Crippen LogP contribution >= 0.6 is 0 Å². The molecule has 1 rings (SSSR count). The van der Waals surface area contributed by atoms with Crippen molar-refractivity contribution in [1.82, 2.24) is 5.32 Å². The van der Waals surface area contributed by atoms with Gasteiger partial charge in [0.05, 0.1) is 13.7 Å². The zero-order chi connectivity index (χ0) is 13.4. The average molecular weight is 251 g/mol. The molecule has 102 valence electrons. The van der Waals surface area contributed by atoms with Crippen LogP contribution in [0.5, 0.6) is 5.75 Å². The van der Waals surface area contributed by atoms with Crippen molar-refractivity contribution in [2.24, 2.45) is 0 Å². The average Bonchev–Trinajstić information content (AvgIpc) is 2.39. The van der Waals surface area contributed by atoms with Gasteiger partial charge in [0.15, 0.2) is 0 Å². The van der Waals surface area contributed by atoms with Crippen molar-refractivity contribution in [3.05, 3.63) is 29.8 Å².